The van der Waals surface area contributed by atoms with Gasteiger partial charge in [-0.05, 0) is 18.6 Å². The Bertz CT molecular complexity index is 464. The molecule has 5 heteroatoms. The van der Waals surface area contributed by atoms with Gasteiger partial charge >= 0.3 is 0 Å². The van der Waals surface area contributed by atoms with Crippen molar-refractivity contribution < 1.29 is 4.92 Å². The Labute approximate surface area is 97.9 Å². The van der Waals surface area contributed by atoms with E-state index in [1.54, 1.807) is 24.3 Å². The minimum Gasteiger partial charge on any atom is -0.258 e. The van der Waals surface area contributed by atoms with Gasteiger partial charge in [0.1, 0.15) is 0 Å². The van der Waals surface area contributed by atoms with E-state index < -0.39 is 4.92 Å². The molecule has 1 rings (SSSR count). The smallest absolute Gasteiger partial charge is 0.258 e. The van der Waals surface area contributed by atoms with E-state index in [9.17, 15) is 10.1 Å². The van der Waals surface area contributed by atoms with Gasteiger partial charge in [0.15, 0.2) is 0 Å². The summed E-state index contributed by atoms with van der Waals surface area (Å²) >= 11 is 5.49. The number of nitro groups is 1. The first-order chi connectivity index (χ1) is 7.69. The largest absolute Gasteiger partial charge is 0.277 e. The number of nitro benzene ring substituents is 1. The van der Waals surface area contributed by atoms with E-state index in [2.05, 4.69) is 0 Å². The molecule has 0 radical (unpaired) electrons. The van der Waals surface area contributed by atoms with E-state index in [-0.39, 0.29) is 11.3 Å². The molecule has 0 bridgehead atoms. The van der Waals surface area contributed by atoms with Crippen molar-refractivity contribution in [1.29, 1.82) is 5.26 Å². The molecule has 0 spiro atoms. The average Bonchev–Trinajstić information content (AvgIpc) is 2.29. The number of alkyl halides is 1. The molecular weight excluding hydrogens is 228 g/mol. The van der Waals surface area contributed by atoms with Crippen molar-refractivity contribution in [2.45, 2.75) is 6.42 Å². The van der Waals surface area contributed by atoms with Gasteiger partial charge in [0.2, 0.25) is 0 Å². The Kier molecular flexibility index (Phi) is 4.49. The van der Waals surface area contributed by atoms with Gasteiger partial charge in [-0.25, -0.2) is 0 Å². The third-order valence-electron chi connectivity index (χ3n) is 1.93. The van der Waals surface area contributed by atoms with Gasteiger partial charge in [-0.2, -0.15) is 5.26 Å². The van der Waals surface area contributed by atoms with E-state index in [0.29, 0.717) is 17.9 Å². The maximum absolute atomic E-state index is 10.8. The number of nitriles is 1. The SMILES string of the molecule is N#Cc1ccc(C=CCCCl)c([N+](=O)[O-])c1. The fourth-order valence-electron chi connectivity index (χ4n) is 1.19. The summed E-state index contributed by atoms with van der Waals surface area (Å²) in [5, 5.41) is 19.4. The molecule has 16 heavy (non-hydrogen) atoms. The van der Waals surface area contributed by atoms with Crippen molar-refractivity contribution in [3.63, 3.8) is 0 Å². The highest BCUT2D eigenvalue weighted by molar-refractivity contribution is 6.17. The molecule has 4 nitrogen and oxygen atoms in total. The molecule has 0 heterocycles. The number of nitrogens with zero attached hydrogens (tertiary/aromatic N) is 2. The van der Waals surface area contributed by atoms with Gasteiger partial charge in [-0.1, -0.05) is 12.2 Å². The Balaban J connectivity index is 3.09. The number of allylic oxidation sites excluding steroid dienone is 1. The second kappa shape index (κ2) is 5.89. The first-order valence-corrected chi connectivity index (χ1v) is 5.13. The zero-order valence-electron chi connectivity index (χ0n) is 8.39. The summed E-state index contributed by atoms with van der Waals surface area (Å²) in [6, 6.07) is 6.24. The van der Waals surface area contributed by atoms with Crippen LogP contribution in [-0.4, -0.2) is 10.8 Å². The van der Waals surface area contributed by atoms with Crippen LogP contribution in [0.1, 0.15) is 17.5 Å². The summed E-state index contributed by atoms with van der Waals surface area (Å²) in [4.78, 5) is 10.3. The van der Waals surface area contributed by atoms with Crippen LogP contribution in [0.25, 0.3) is 6.08 Å². The Morgan fingerprint density at radius 1 is 1.56 bits per heavy atom. The molecule has 0 aliphatic rings. The molecule has 0 aliphatic carbocycles. The van der Waals surface area contributed by atoms with E-state index in [1.165, 1.54) is 6.07 Å². The number of benzene rings is 1. The number of hydrogen-bond donors (Lipinski definition) is 0. The lowest BCUT2D eigenvalue weighted by molar-refractivity contribution is -0.385. The second-order valence-corrected chi connectivity index (χ2v) is 3.40. The number of hydrogen-bond acceptors (Lipinski definition) is 3. The van der Waals surface area contributed by atoms with Crippen molar-refractivity contribution in [3.8, 4) is 6.07 Å². The van der Waals surface area contributed by atoms with Crippen LogP contribution in [0.4, 0.5) is 5.69 Å². The fourth-order valence-corrected chi connectivity index (χ4v) is 1.31. The van der Waals surface area contributed by atoms with Crippen molar-refractivity contribution in [3.05, 3.63) is 45.5 Å². The van der Waals surface area contributed by atoms with Gasteiger partial charge < -0.3 is 0 Å². The lowest BCUT2D eigenvalue weighted by Crippen LogP contribution is -1.92. The van der Waals surface area contributed by atoms with Crippen molar-refractivity contribution in [2.24, 2.45) is 0 Å². The lowest BCUT2D eigenvalue weighted by Gasteiger charge is -1.97. The average molecular weight is 237 g/mol. The quantitative estimate of drug-likeness (QED) is 0.458. The minimum absolute atomic E-state index is 0.0649. The Morgan fingerprint density at radius 3 is 2.88 bits per heavy atom. The topological polar surface area (TPSA) is 66.9 Å². The molecule has 0 atom stereocenters. The molecule has 0 fully saturated rings. The Morgan fingerprint density at radius 2 is 2.31 bits per heavy atom. The van der Waals surface area contributed by atoms with E-state index in [4.69, 9.17) is 16.9 Å². The first-order valence-electron chi connectivity index (χ1n) is 4.60. The van der Waals surface area contributed by atoms with Crippen LogP contribution in [0, 0.1) is 21.4 Å². The van der Waals surface area contributed by atoms with Crippen LogP contribution in [0.15, 0.2) is 24.3 Å². The maximum atomic E-state index is 10.8. The molecule has 0 aliphatic heterocycles. The van der Waals surface area contributed by atoms with Crippen LogP contribution in [0.2, 0.25) is 0 Å². The zero-order chi connectivity index (χ0) is 12.0. The molecule has 0 N–H and O–H groups in total. The van der Waals surface area contributed by atoms with Crippen molar-refractivity contribution in [2.75, 3.05) is 5.88 Å². The van der Waals surface area contributed by atoms with Crippen molar-refractivity contribution in [1.82, 2.24) is 0 Å². The van der Waals surface area contributed by atoms with Gasteiger partial charge in [0, 0.05) is 11.9 Å². The van der Waals surface area contributed by atoms with Crippen LogP contribution >= 0.6 is 11.6 Å². The van der Waals surface area contributed by atoms with Gasteiger partial charge in [0.05, 0.1) is 22.1 Å². The predicted molar refractivity (Wildman–Crippen MR) is 62.2 cm³/mol. The number of rotatable bonds is 4. The fraction of sp³-hybridized carbons (Fsp3) is 0.182. The Hall–Kier alpha value is -1.86. The summed E-state index contributed by atoms with van der Waals surface area (Å²) in [6.07, 6.45) is 4.06. The van der Waals surface area contributed by atoms with Crippen LogP contribution < -0.4 is 0 Å². The molecular formula is C11H9ClN2O2. The molecule has 82 valence electrons. The maximum Gasteiger partial charge on any atom is 0.277 e. The lowest BCUT2D eigenvalue weighted by atomic mass is 10.1. The predicted octanol–water partition coefficient (Wildman–Crippen LogP) is 3.11. The molecule has 0 aromatic heterocycles. The van der Waals surface area contributed by atoms with Gasteiger partial charge in [-0.15, -0.1) is 11.6 Å². The monoisotopic (exact) mass is 236 g/mol. The van der Waals surface area contributed by atoms with E-state index in [1.807, 2.05) is 6.07 Å². The van der Waals surface area contributed by atoms with Gasteiger partial charge in [0.25, 0.3) is 5.69 Å². The molecule has 0 unspecified atom stereocenters. The normalized spacial score (nSPS) is 10.2. The summed E-state index contributed by atoms with van der Waals surface area (Å²) in [6.45, 7) is 0. The van der Waals surface area contributed by atoms with Crippen molar-refractivity contribution >= 4 is 23.4 Å². The molecule has 1 aromatic carbocycles. The first kappa shape index (κ1) is 12.2. The third kappa shape index (κ3) is 3.07. The summed E-state index contributed by atoms with van der Waals surface area (Å²) < 4.78 is 0. The second-order valence-electron chi connectivity index (χ2n) is 3.02. The summed E-state index contributed by atoms with van der Waals surface area (Å²) in [5.41, 5.74) is 0.695. The number of halogens is 1. The van der Waals surface area contributed by atoms with E-state index in [0.717, 1.165) is 0 Å². The van der Waals surface area contributed by atoms with Crippen LogP contribution in [0.3, 0.4) is 0 Å². The van der Waals surface area contributed by atoms with Crippen LogP contribution in [-0.2, 0) is 0 Å². The minimum atomic E-state index is -0.499. The highest BCUT2D eigenvalue weighted by Crippen LogP contribution is 2.21. The van der Waals surface area contributed by atoms with Crippen LogP contribution in [0.5, 0.6) is 0 Å². The van der Waals surface area contributed by atoms with E-state index >= 15 is 0 Å². The molecule has 0 saturated carbocycles. The standard InChI is InChI=1S/C11H9ClN2O2/c12-6-2-1-3-10-5-4-9(8-13)7-11(10)14(15)16/h1,3-5,7H,2,6H2. The summed E-state index contributed by atoms with van der Waals surface area (Å²) in [7, 11) is 0. The third-order valence-corrected chi connectivity index (χ3v) is 2.15. The molecule has 0 saturated heterocycles. The molecule has 1 aromatic rings. The highest BCUT2D eigenvalue weighted by Gasteiger charge is 2.11. The van der Waals surface area contributed by atoms with Gasteiger partial charge in [-0.3, -0.25) is 10.1 Å². The summed E-state index contributed by atoms with van der Waals surface area (Å²) in [5.74, 6) is 0.473. The zero-order valence-corrected chi connectivity index (χ0v) is 9.15. The highest BCUT2D eigenvalue weighted by atomic mass is 35.5. The molecule has 0 amide bonds.